The molecule has 2 aliphatic carbocycles. The van der Waals surface area contributed by atoms with Crippen LogP contribution in [0.3, 0.4) is 0 Å². The predicted molar refractivity (Wildman–Crippen MR) is 238 cm³/mol. The van der Waals surface area contributed by atoms with E-state index in [0.29, 0.717) is 0 Å². The minimum atomic E-state index is -0.428. The van der Waals surface area contributed by atoms with Gasteiger partial charge in [0.2, 0.25) is 0 Å². The highest BCUT2D eigenvalue weighted by molar-refractivity contribution is 6.36. The fraction of sp³-hybridized carbons (Fsp3) is 0.0182. The molecule has 0 bridgehead atoms. The molecule has 2 nitrogen and oxygen atoms in total. The van der Waals surface area contributed by atoms with Gasteiger partial charge in [-0.2, -0.15) is 0 Å². The van der Waals surface area contributed by atoms with E-state index in [9.17, 15) is 0 Å². The first-order valence-electron chi connectivity index (χ1n) is 20.0. The lowest BCUT2D eigenvalue weighted by Gasteiger charge is -2.32. The summed E-state index contributed by atoms with van der Waals surface area (Å²) >= 11 is 0. The molecule has 0 fully saturated rings. The molecular weight excluding hydrogens is 689 g/mol. The summed E-state index contributed by atoms with van der Waals surface area (Å²) in [5.74, 6) is 0. The van der Waals surface area contributed by atoms with E-state index in [0.717, 1.165) is 0 Å². The maximum Gasteiger partial charge on any atom is 0.0731 e. The molecule has 0 aliphatic heterocycles. The van der Waals surface area contributed by atoms with Gasteiger partial charge in [-0.3, -0.25) is 0 Å². The van der Waals surface area contributed by atoms with Crippen LogP contribution in [-0.2, 0) is 5.41 Å². The van der Waals surface area contributed by atoms with Gasteiger partial charge < -0.3 is 8.97 Å². The zero-order chi connectivity index (χ0) is 36.7. The first-order valence-corrected chi connectivity index (χ1v) is 20.0. The van der Waals surface area contributed by atoms with Crippen molar-refractivity contribution in [1.82, 2.24) is 8.97 Å². The van der Waals surface area contributed by atoms with Crippen LogP contribution < -0.4 is 0 Å². The molecule has 260 valence electrons. The van der Waals surface area contributed by atoms with Gasteiger partial charge in [0.05, 0.1) is 33.0 Å². The number of hydrogen-bond acceptors (Lipinski definition) is 0. The molecule has 15 rings (SSSR count). The molecule has 0 N–H and O–H groups in total. The molecule has 3 aromatic heterocycles. The molecule has 0 unspecified atom stereocenters. The van der Waals surface area contributed by atoms with Gasteiger partial charge in [0.15, 0.2) is 0 Å². The summed E-state index contributed by atoms with van der Waals surface area (Å²) in [5.41, 5.74) is 18.0. The third-order valence-corrected chi connectivity index (χ3v) is 14.0. The summed E-state index contributed by atoms with van der Waals surface area (Å²) < 4.78 is 5.00. The highest BCUT2D eigenvalue weighted by Gasteiger charge is 2.52. The quantitative estimate of drug-likeness (QED) is 0.150. The van der Waals surface area contributed by atoms with Crippen molar-refractivity contribution in [3.8, 4) is 27.9 Å². The van der Waals surface area contributed by atoms with Gasteiger partial charge in [-0.05, 0) is 102 Å². The third kappa shape index (κ3) is 3.09. The molecule has 0 amide bonds. The minimum absolute atomic E-state index is 0.428. The number of nitrogens with zero attached hydrogens (tertiary/aromatic N) is 2. The van der Waals surface area contributed by atoms with E-state index in [1.54, 1.807) is 0 Å². The van der Waals surface area contributed by atoms with Crippen molar-refractivity contribution in [3.05, 3.63) is 204 Å². The second-order valence-electron chi connectivity index (χ2n) is 16.3. The van der Waals surface area contributed by atoms with E-state index >= 15 is 0 Å². The van der Waals surface area contributed by atoms with Gasteiger partial charge in [-0.25, -0.2) is 0 Å². The van der Waals surface area contributed by atoms with Crippen molar-refractivity contribution < 1.29 is 0 Å². The van der Waals surface area contributed by atoms with Gasteiger partial charge in [0.1, 0.15) is 0 Å². The van der Waals surface area contributed by atoms with E-state index in [2.05, 4.69) is 191 Å². The molecule has 0 atom stereocenters. The standard InChI is InChI=1S/C55H30N2/c1-5-20-43-32(12-1)33-13-2-6-21-44(33)55(43)45-22-7-3-14-34(45)38-28-27-37-36-16-10-24-48-51(36)52-41(50(37)53(38)55)19-11-25-49(52)56(48)31-26-29-47-42(30-31)40-18-9-17-39-35-15-4-8-23-46(35)57(47)54(39)40/h1-30H. The molecule has 1 spiro atoms. The molecule has 13 aromatic rings. The number of fused-ring (bicyclic) bond motifs is 20. The van der Waals surface area contributed by atoms with E-state index in [1.807, 2.05) is 0 Å². The first kappa shape index (κ1) is 28.9. The normalized spacial score (nSPS) is 14.1. The molecule has 3 heterocycles. The zero-order valence-electron chi connectivity index (χ0n) is 30.7. The summed E-state index contributed by atoms with van der Waals surface area (Å²) in [7, 11) is 0. The lowest BCUT2D eigenvalue weighted by Crippen LogP contribution is -2.26. The Labute approximate surface area is 326 Å². The number of para-hydroxylation sites is 2. The van der Waals surface area contributed by atoms with Crippen LogP contribution in [0.25, 0.3) is 109 Å². The van der Waals surface area contributed by atoms with Crippen molar-refractivity contribution >= 4 is 81.4 Å². The number of hydrogen-bond donors (Lipinski definition) is 0. The molecular formula is C55H30N2. The van der Waals surface area contributed by atoms with Gasteiger partial charge in [0.25, 0.3) is 0 Å². The summed E-state index contributed by atoms with van der Waals surface area (Å²) in [4.78, 5) is 0. The fourth-order valence-electron chi connectivity index (χ4n) is 12.1. The van der Waals surface area contributed by atoms with E-state index < -0.39 is 5.41 Å². The Hall–Kier alpha value is -7.42. The Kier molecular flexibility index (Phi) is 4.92. The van der Waals surface area contributed by atoms with Crippen molar-refractivity contribution in [2.24, 2.45) is 0 Å². The molecule has 2 heteroatoms. The smallest absolute Gasteiger partial charge is 0.0731 e. The SMILES string of the molecule is c1ccc2c(c1)-c1ccccc1C21c2ccccc2-c2ccc3c4cccc5c4c4c(cccc4n5-c4ccc5c(c4)c4cccc6c7ccccc7n5c64)c3c21. The maximum absolute atomic E-state index is 2.53. The highest BCUT2D eigenvalue weighted by atomic mass is 15.0. The molecule has 57 heavy (non-hydrogen) atoms. The average molecular weight is 719 g/mol. The van der Waals surface area contributed by atoms with E-state index in [-0.39, 0.29) is 0 Å². The van der Waals surface area contributed by atoms with Crippen molar-refractivity contribution in [1.29, 1.82) is 0 Å². The van der Waals surface area contributed by atoms with E-state index in [1.165, 1.54) is 132 Å². The van der Waals surface area contributed by atoms with Crippen LogP contribution in [0.4, 0.5) is 0 Å². The summed E-state index contributed by atoms with van der Waals surface area (Å²) in [6.07, 6.45) is 0. The van der Waals surface area contributed by atoms with Crippen molar-refractivity contribution in [2.45, 2.75) is 5.41 Å². The van der Waals surface area contributed by atoms with Crippen LogP contribution >= 0.6 is 0 Å². The Morgan fingerprint density at radius 1 is 0.316 bits per heavy atom. The maximum atomic E-state index is 2.53. The van der Waals surface area contributed by atoms with E-state index in [4.69, 9.17) is 0 Å². The lowest BCUT2D eigenvalue weighted by molar-refractivity contribution is 0.802. The van der Waals surface area contributed by atoms with Gasteiger partial charge in [-0.1, -0.05) is 146 Å². The molecule has 0 saturated heterocycles. The van der Waals surface area contributed by atoms with Crippen LogP contribution in [0.2, 0.25) is 0 Å². The van der Waals surface area contributed by atoms with Gasteiger partial charge >= 0.3 is 0 Å². The minimum Gasteiger partial charge on any atom is -0.309 e. The largest absolute Gasteiger partial charge is 0.309 e. The number of benzene rings is 10. The average Bonchev–Trinajstić information content (AvgIpc) is 4.05. The molecule has 10 aromatic carbocycles. The molecule has 2 aliphatic rings. The van der Waals surface area contributed by atoms with Crippen LogP contribution in [-0.4, -0.2) is 8.97 Å². The van der Waals surface area contributed by atoms with Crippen molar-refractivity contribution in [2.75, 3.05) is 0 Å². The number of rotatable bonds is 1. The second-order valence-corrected chi connectivity index (χ2v) is 16.3. The highest BCUT2D eigenvalue weighted by Crippen LogP contribution is 2.65. The molecule has 0 radical (unpaired) electrons. The Morgan fingerprint density at radius 2 is 0.825 bits per heavy atom. The van der Waals surface area contributed by atoms with Gasteiger partial charge in [-0.15, -0.1) is 0 Å². The monoisotopic (exact) mass is 718 g/mol. The zero-order valence-corrected chi connectivity index (χ0v) is 30.7. The van der Waals surface area contributed by atoms with Crippen LogP contribution in [0.15, 0.2) is 182 Å². The Morgan fingerprint density at radius 3 is 1.56 bits per heavy atom. The third-order valence-electron chi connectivity index (χ3n) is 14.0. The Bertz CT molecular complexity index is 3870. The molecule has 0 saturated carbocycles. The first-order chi connectivity index (χ1) is 28.3. The second kappa shape index (κ2) is 9.68. The number of aromatic nitrogens is 2. The van der Waals surface area contributed by atoms with Crippen molar-refractivity contribution in [3.63, 3.8) is 0 Å². The van der Waals surface area contributed by atoms with Gasteiger partial charge in [0, 0.05) is 38.0 Å². The fourth-order valence-corrected chi connectivity index (χ4v) is 12.1. The summed E-state index contributed by atoms with van der Waals surface area (Å²) in [6, 6.07) is 69.0. The van der Waals surface area contributed by atoms with Crippen LogP contribution in [0.1, 0.15) is 22.3 Å². The summed E-state index contributed by atoms with van der Waals surface area (Å²) in [6.45, 7) is 0. The Balaban J connectivity index is 1.09. The van der Waals surface area contributed by atoms with Crippen LogP contribution in [0.5, 0.6) is 0 Å². The summed E-state index contributed by atoms with van der Waals surface area (Å²) in [5, 5.41) is 13.2. The predicted octanol–water partition coefficient (Wildman–Crippen LogP) is 14.0. The lowest BCUT2D eigenvalue weighted by atomic mass is 9.69. The van der Waals surface area contributed by atoms with Crippen LogP contribution in [0, 0.1) is 0 Å². The topological polar surface area (TPSA) is 9.34 Å².